The van der Waals surface area contributed by atoms with Crippen molar-refractivity contribution in [2.24, 2.45) is 0 Å². The van der Waals surface area contributed by atoms with Gasteiger partial charge < -0.3 is 29.0 Å². The summed E-state index contributed by atoms with van der Waals surface area (Å²) < 4.78 is 27.8. The lowest BCUT2D eigenvalue weighted by atomic mass is 10.3. The Bertz CT molecular complexity index is 427. The van der Waals surface area contributed by atoms with Gasteiger partial charge >= 0.3 is 0 Å². The molecule has 0 spiro atoms. The third-order valence-electron chi connectivity index (χ3n) is 3.53. The average molecular weight is 457 g/mol. The standard InChI is InChI=1S/C18H36N2O5S3/c1-4-20-6-8-22-10-9-21-7-5-18(2,27-17-19)25-14-13-23-11-12-24-15-16-28(3)26/h20H,4-16H2,1-3H3. The molecule has 0 radical (unpaired) electrons. The molecule has 0 aliphatic heterocycles. The van der Waals surface area contributed by atoms with Gasteiger partial charge in [0.25, 0.3) is 0 Å². The highest BCUT2D eigenvalue weighted by Crippen LogP contribution is 2.29. The first-order valence-electron chi connectivity index (χ1n) is 9.57. The molecule has 10 heteroatoms. The molecule has 166 valence electrons. The smallest absolute Gasteiger partial charge is 0.136 e. The van der Waals surface area contributed by atoms with Crippen LogP contribution in [0.1, 0.15) is 20.3 Å². The fraction of sp³-hybridized carbons (Fsp3) is 0.944. The Hall–Kier alpha value is 0.170. The van der Waals surface area contributed by atoms with Crippen molar-refractivity contribution in [3.8, 4) is 5.40 Å². The van der Waals surface area contributed by atoms with Crippen molar-refractivity contribution in [2.45, 2.75) is 25.2 Å². The van der Waals surface area contributed by atoms with Crippen LogP contribution < -0.4 is 5.32 Å². The largest absolute Gasteiger partial charge is 0.379 e. The lowest BCUT2D eigenvalue weighted by molar-refractivity contribution is -0.0327. The number of hydrogen-bond donors (Lipinski definition) is 1. The van der Waals surface area contributed by atoms with Crippen LogP contribution in [0.2, 0.25) is 0 Å². The normalized spacial score (nSPS) is 14.5. The second kappa shape index (κ2) is 20.4. The third-order valence-corrected chi connectivity index (χ3v) is 5.62. The van der Waals surface area contributed by atoms with Crippen LogP contribution in [0.25, 0.3) is 0 Å². The highest BCUT2D eigenvalue weighted by Gasteiger charge is 2.26. The number of thiocyanates is 1. The number of thioether (sulfide) groups is 1. The van der Waals surface area contributed by atoms with E-state index in [4.69, 9.17) is 40.1 Å². The third kappa shape index (κ3) is 19.5. The van der Waals surface area contributed by atoms with Crippen LogP contribution >= 0.6 is 11.8 Å². The van der Waals surface area contributed by atoms with Crippen LogP contribution in [0.5, 0.6) is 0 Å². The maximum absolute atomic E-state index is 9.02. The van der Waals surface area contributed by atoms with Gasteiger partial charge in [0.2, 0.25) is 0 Å². The van der Waals surface area contributed by atoms with E-state index in [0.717, 1.165) is 30.6 Å². The van der Waals surface area contributed by atoms with E-state index in [9.17, 15) is 0 Å². The summed E-state index contributed by atoms with van der Waals surface area (Å²) in [4.78, 5) is -0.610. The van der Waals surface area contributed by atoms with Crippen LogP contribution in [0.4, 0.5) is 0 Å². The first kappa shape index (κ1) is 28.2. The van der Waals surface area contributed by atoms with Gasteiger partial charge in [-0.3, -0.25) is 0 Å². The van der Waals surface area contributed by atoms with Crippen molar-refractivity contribution >= 4 is 32.4 Å². The summed E-state index contributed by atoms with van der Waals surface area (Å²) in [5.41, 5.74) is 0. The van der Waals surface area contributed by atoms with Gasteiger partial charge in [-0.25, -0.2) is 0 Å². The van der Waals surface area contributed by atoms with E-state index in [-0.39, 0.29) is 9.45 Å². The Kier molecular flexibility index (Phi) is 20.6. The Labute approximate surface area is 181 Å². The molecule has 0 rings (SSSR count). The topological polar surface area (TPSA) is 82.0 Å². The quantitative estimate of drug-likeness (QED) is 0.158. The van der Waals surface area contributed by atoms with Crippen molar-refractivity contribution in [3.05, 3.63) is 0 Å². The Morgan fingerprint density at radius 2 is 1.54 bits per heavy atom. The molecule has 2 atom stereocenters. The van der Waals surface area contributed by atoms with E-state index in [1.807, 2.05) is 13.2 Å². The van der Waals surface area contributed by atoms with E-state index in [1.165, 1.54) is 0 Å². The highest BCUT2D eigenvalue weighted by atomic mass is 32.8. The second-order valence-electron chi connectivity index (χ2n) is 6.01. The second-order valence-corrected chi connectivity index (χ2v) is 10.5. The molecule has 28 heavy (non-hydrogen) atoms. The van der Waals surface area contributed by atoms with Gasteiger partial charge in [-0.05, 0) is 31.5 Å². The minimum Gasteiger partial charge on any atom is -0.379 e. The van der Waals surface area contributed by atoms with Crippen molar-refractivity contribution < 1.29 is 23.7 Å². The molecule has 0 aromatic rings. The molecule has 0 bridgehead atoms. The molecule has 1 N–H and O–H groups in total. The number of nitrogens with one attached hydrogen (secondary N) is 1. The Balaban J connectivity index is 3.67. The molecule has 0 aliphatic rings. The predicted molar refractivity (Wildman–Crippen MR) is 120 cm³/mol. The minimum atomic E-state index is -0.610. The average Bonchev–Trinajstić information content (AvgIpc) is 2.65. The summed E-state index contributed by atoms with van der Waals surface area (Å²) in [5.74, 6) is 0.909. The lowest BCUT2D eigenvalue weighted by Crippen LogP contribution is -2.28. The number of nitrogens with zero attached hydrogens (tertiary/aromatic N) is 1. The molecular formula is C18H36N2O5S3. The molecule has 0 saturated heterocycles. The van der Waals surface area contributed by atoms with Gasteiger partial charge in [0.1, 0.15) is 10.3 Å². The zero-order chi connectivity index (χ0) is 20.9. The number of hydrogen-bond acceptors (Lipinski definition) is 9. The fourth-order valence-corrected chi connectivity index (χ4v) is 3.04. The molecule has 0 saturated carbocycles. The monoisotopic (exact) mass is 456 g/mol. The minimum absolute atomic E-state index is 0.00387. The van der Waals surface area contributed by atoms with E-state index in [1.54, 1.807) is 0 Å². The Morgan fingerprint density at radius 1 is 0.964 bits per heavy atom. The summed E-state index contributed by atoms with van der Waals surface area (Å²) in [7, 11) is 0.00387. The highest BCUT2D eigenvalue weighted by molar-refractivity contribution is 8.28. The van der Waals surface area contributed by atoms with Crippen LogP contribution in [-0.4, -0.2) is 89.5 Å². The molecule has 0 aromatic carbocycles. The fourth-order valence-electron chi connectivity index (χ4n) is 1.96. The lowest BCUT2D eigenvalue weighted by Gasteiger charge is -2.26. The summed E-state index contributed by atoms with van der Waals surface area (Å²) in [6.45, 7) is 10.7. The predicted octanol–water partition coefficient (Wildman–Crippen LogP) is 1.71. The molecule has 2 unspecified atom stereocenters. The van der Waals surface area contributed by atoms with Crippen LogP contribution in [-0.2, 0) is 44.3 Å². The number of nitriles is 1. The first-order chi connectivity index (χ1) is 13.5. The summed E-state index contributed by atoms with van der Waals surface area (Å²) in [5, 5.41) is 14.3. The maximum atomic E-state index is 9.02. The van der Waals surface area contributed by atoms with Crippen molar-refractivity contribution in [1.82, 2.24) is 5.32 Å². The van der Waals surface area contributed by atoms with Gasteiger partial charge in [-0.2, -0.15) is 5.26 Å². The zero-order valence-corrected chi connectivity index (χ0v) is 19.9. The summed E-state index contributed by atoms with van der Waals surface area (Å²) in [6, 6.07) is 0. The SMILES string of the molecule is CCNCCOCCOCCC(C)(OCCOCCOCCS(C)=S)SC#N. The van der Waals surface area contributed by atoms with E-state index in [0.29, 0.717) is 65.9 Å². The van der Waals surface area contributed by atoms with Gasteiger partial charge in [-0.1, -0.05) is 18.1 Å². The molecule has 0 heterocycles. The van der Waals surface area contributed by atoms with Crippen molar-refractivity contribution in [2.75, 3.05) is 84.6 Å². The summed E-state index contributed by atoms with van der Waals surface area (Å²) in [6.07, 6.45) is 2.64. The van der Waals surface area contributed by atoms with Crippen LogP contribution in [0.3, 0.4) is 0 Å². The molecule has 0 aliphatic carbocycles. The molecule has 0 amide bonds. The number of likely N-dealkylation sites (N-methyl/N-ethyl adjacent to an activating group) is 1. The molecule has 7 nitrogen and oxygen atoms in total. The zero-order valence-electron chi connectivity index (χ0n) is 17.4. The van der Waals surface area contributed by atoms with Crippen LogP contribution in [0, 0.1) is 10.7 Å². The molecule has 0 aromatic heterocycles. The number of ether oxygens (including phenoxy) is 5. The first-order valence-corrected chi connectivity index (χ1v) is 13.1. The van der Waals surface area contributed by atoms with Gasteiger partial charge in [-0.15, -0.1) is 9.45 Å². The molecule has 0 fully saturated rings. The van der Waals surface area contributed by atoms with E-state index in [2.05, 4.69) is 17.6 Å². The van der Waals surface area contributed by atoms with Gasteiger partial charge in [0, 0.05) is 18.7 Å². The van der Waals surface area contributed by atoms with Crippen molar-refractivity contribution in [3.63, 3.8) is 0 Å². The Morgan fingerprint density at radius 3 is 2.14 bits per heavy atom. The molecular weight excluding hydrogens is 420 g/mol. The van der Waals surface area contributed by atoms with Gasteiger partial charge in [0.15, 0.2) is 0 Å². The van der Waals surface area contributed by atoms with Crippen molar-refractivity contribution in [1.29, 1.82) is 5.26 Å². The van der Waals surface area contributed by atoms with E-state index >= 15 is 0 Å². The van der Waals surface area contributed by atoms with Gasteiger partial charge in [0.05, 0.1) is 59.5 Å². The van der Waals surface area contributed by atoms with Crippen LogP contribution in [0.15, 0.2) is 0 Å². The maximum Gasteiger partial charge on any atom is 0.136 e. The number of rotatable bonds is 21. The van der Waals surface area contributed by atoms with E-state index < -0.39 is 4.93 Å². The summed E-state index contributed by atoms with van der Waals surface area (Å²) >= 11 is 6.21.